The first-order chi connectivity index (χ1) is 16.0. The summed E-state index contributed by atoms with van der Waals surface area (Å²) in [5, 5.41) is 8.15. The van der Waals surface area contributed by atoms with E-state index in [0.717, 1.165) is 11.8 Å². The molecule has 0 fully saturated rings. The molecule has 34 heavy (non-hydrogen) atoms. The Hall–Kier alpha value is -2.90. The van der Waals surface area contributed by atoms with Crippen LogP contribution in [0.15, 0.2) is 30.3 Å². The van der Waals surface area contributed by atoms with Crippen molar-refractivity contribution in [3.63, 3.8) is 0 Å². The van der Waals surface area contributed by atoms with Crippen LogP contribution in [-0.4, -0.2) is 42.3 Å². The van der Waals surface area contributed by atoms with E-state index in [4.69, 9.17) is 4.74 Å². The van der Waals surface area contributed by atoms with Gasteiger partial charge in [0.2, 0.25) is 11.8 Å². The topological polar surface area (TPSA) is 114 Å². The van der Waals surface area contributed by atoms with Crippen LogP contribution in [0.2, 0.25) is 0 Å². The van der Waals surface area contributed by atoms with E-state index < -0.39 is 36.0 Å². The Balaban J connectivity index is 2.84. The second-order valence-electron chi connectivity index (χ2n) is 9.96. The zero-order chi connectivity index (χ0) is 25.7. The first-order valence-electron chi connectivity index (χ1n) is 12.0. The van der Waals surface area contributed by atoms with Crippen molar-refractivity contribution in [1.29, 1.82) is 0 Å². The van der Waals surface area contributed by atoms with Crippen molar-refractivity contribution in [2.24, 2.45) is 17.8 Å². The molecule has 0 radical (unpaired) electrons. The van der Waals surface area contributed by atoms with Crippen molar-refractivity contribution in [1.82, 2.24) is 16.0 Å². The second kappa shape index (κ2) is 15.1. The van der Waals surface area contributed by atoms with Crippen molar-refractivity contribution in [2.75, 3.05) is 0 Å². The summed E-state index contributed by atoms with van der Waals surface area (Å²) in [7, 11) is 0. The fourth-order valence-corrected chi connectivity index (χ4v) is 3.52. The Kier molecular flexibility index (Phi) is 12.9. The van der Waals surface area contributed by atoms with Gasteiger partial charge in [-0.3, -0.25) is 9.59 Å². The Labute approximate surface area is 203 Å². The minimum atomic E-state index is -0.858. The molecule has 3 atom stereocenters. The largest absolute Gasteiger partial charge is 0.445 e. The number of aldehydes is 1. The molecule has 8 nitrogen and oxygen atoms in total. The van der Waals surface area contributed by atoms with E-state index in [1.165, 1.54) is 0 Å². The van der Waals surface area contributed by atoms with E-state index in [-0.39, 0.29) is 24.4 Å². The predicted octanol–water partition coefficient (Wildman–Crippen LogP) is 3.59. The molecule has 0 aliphatic rings. The summed E-state index contributed by atoms with van der Waals surface area (Å²) >= 11 is 0. The van der Waals surface area contributed by atoms with Gasteiger partial charge in [0.05, 0.1) is 6.04 Å². The smallest absolute Gasteiger partial charge is 0.408 e. The second-order valence-corrected chi connectivity index (χ2v) is 9.96. The highest BCUT2D eigenvalue weighted by atomic mass is 16.5. The van der Waals surface area contributed by atoms with Gasteiger partial charge in [-0.25, -0.2) is 4.79 Å². The maximum Gasteiger partial charge on any atom is 0.408 e. The molecule has 1 aromatic rings. The molecular formula is C26H41N3O5. The van der Waals surface area contributed by atoms with Crippen LogP contribution in [0.3, 0.4) is 0 Å². The van der Waals surface area contributed by atoms with Crippen LogP contribution in [0.5, 0.6) is 0 Å². The van der Waals surface area contributed by atoms with Crippen molar-refractivity contribution < 1.29 is 23.9 Å². The summed E-state index contributed by atoms with van der Waals surface area (Å²) in [6, 6.07) is 6.96. The monoisotopic (exact) mass is 475 g/mol. The predicted molar refractivity (Wildman–Crippen MR) is 132 cm³/mol. The molecular weight excluding hydrogens is 434 g/mol. The van der Waals surface area contributed by atoms with Crippen molar-refractivity contribution >= 4 is 24.2 Å². The minimum absolute atomic E-state index is 0.0873. The van der Waals surface area contributed by atoms with Crippen LogP contribution >= 0.6 is 0 Å². The Morgan fingerprint density at radius 3 is 1.76 bits per heavy atom. The molecule has 190 valence electrons. The molecule has 1 aromatic carbocycles. The fourth-order valence-electron chi connectivity index (χ4n) is 3.52. The van der Waals surface area contributed by atoms with E-state index in [9.17, 15) is 19.2 Å². The van der Waals surface area contributed by atoms with Crippen molar-refractivity contribution in [3.05, 3.63) is 35.9 Å². The van der Waals surface area contributed by atoms with Crippen LogP contribution in [0.4, 0.5) is 4.79 Å². The van der Waals surface area contributed by atoms with Crippen molar-refractivity contribution in [2.45, 2.75) is 85.5 Å². The minimum Gasteiger partial charge on any atom is -0.445 e. The van der Waals surface area contributed by atoms with Gasteiger partial charge in [0.1, 0.15) is 25.0 Å². The summed E-state index contributed by atoms with van der Waals surface area (Å²) < 4.78 is 5.26. The number of hydrogen-bond acceptors (Lipinski definition) is 5. The average Bonchev–Trinajstić information content (AvgIpc) is 2.76. The lowest BCUT2D eigenvalue weighted by Crippen LogP contribution is -2.55. The molecule has 0 aliphatic carbocycles. The molecule has 3 amide bonds. The molecule has 1 unspecified atom stereocenters. The number of hydrogen-bond donors (Lipinski definition) is 3. The van der Waals surface area contributed by atoms with Crippen molar-refractivity contribution in [3.8, 4) is 0 Å². The van der Waals surface area contributed by atoms with Crippen LogP contribution < -0.4 is 16.0 Å². The number of rotatable bonds is 14. The van der Waals surface area contributed by atoms with Gasteiger partial charge in [0, 0.05) is 0 Å². The van der Waals surface area contributed by atoms with Gasteiger partial charge < -0.3 is 25.5 Å². The molecule has 0 heterocycles. The highest BCUT2D eigenvalue weighted by molar-refractivity contribution is 5.92. The molecule has 1 rings (SSSR count). The van der Waals surface area contributed by atoms with Crippen LogP contribution in [0.1, 0.15) is 66.4 Å². The zero-order valence-corrected chi connectivity index (χ0v) is 21.3. The fraction of sp³-hybridized carbons (Fsp3) is 0.615. The molecule has 0 spiro atoms. The van der Waals surface area contributed by atoms with Crippen LogP contribution in [-0.2, 0) is 25.7 Å². The van der Waals surface area contributed by atoms with E-state index >= 15 is 0 Å². The van der Waals surface area contributed by atoms with Gasteiger partial charge >= 0.3 is 6.09 Å². The number of amides is 3. The summed E-state index contributed by atoms with van der Waals surface area (Å²) in [4.78, 5) is 49.7. The normalized spacial score (nSPS) is 13.8. The van der Waals surface area contributed by atoms with Gasteiger partial charge in [0.25, 0.3) is 0 Å². The summed E-state index contributed by atoms with van der Waals surface area (Å²) in [5.74, 6) is -0.390. The highest BCUT2D eigenvalue weighted by Gasteiger charge is 2.29. The number of carbonyl (C=O) groups is 4. The lowest BCUT2D eigenvalue weighted by molar-refractivity contribution is -0.131. The number of nitrogens with one attached hydrogen (secondary N) is 3. The third kappa shape index (κ3) is 11.8. The third-order valence-electron chi connectivity index (χ3n) is 5.09. The number of carbonyl (C=O) groups excluding carboxylic acids is 4. The van der Waals surface area contributed by atoms with Gasteiger partial charge in [-0.1, -0.05) is 71.9 Å². The third-order valence-corrected chi connectivity index (χ3v) is 5.09. The van der Waals surface area contributed by atoms with E-state index in [1.807, 2.05) is 71.9 Å². The maximum absolute atomic E-state index is 13.1. The van der Waals surface area contributed by atoms with Gasteiger partial charge in [-0.15, -0.1) is 0 Å². The van der Waals surface area contributed by atoms with E-state index in [0.29, 0.717) is 19.3 Å². The molecule has 0 saturated carbocycles. The number of alkyl carbamates (subject to hydrolysis) is 1. The highest BCUT2D eigenvalue weighted by Crippen LogP contribution is 2.11. The van der Waals surface area contributed by atoms with Gasteiger partial charge in [-0.2, -0.15) is 0 Å². The molecule has 0 aromatic heterocycles. The van der Waals surface area contributed by atoms with Crippen LogP contribution in [0, 0.1) is 17.8 Å². The Morgan fingerprint density at radius 2 is 1.26 bits per heavy atom. The molecule has 0 aliphatic heterocycles. The quantitative estimate of drug-likeness (QED) is 0.356. The Bertz CT molecular complexity index is 780. The van der Waals surface area contributed by atoms with E-state index in [1.54, 1.807) is 0 Å². The Morgan fingerprint density at radius 1 is 0.765 bits per heavy atom. The standard InChI is InChI=1S/C26H41N3O5/c1-17(2)12-21(15-30)27-24(31)22(13-18(3)4)28-25(32)23(14-19(5)6)29-26(33)34-16-20-10-8-7-9-11-20/h7-11,15,17-19,21-23H,12-14,16H2,1-6H3,(H,27,31)(H,28,32)(H,29,33)/t21-,22?,23+/m1/s1. The summed E-state index contributed by atoms with van der Waals surface area (Å²) in [5.41, 5.74) is 0.835. The van der Waals surface area contributed by atoms with Crippen LogP contribution in [0.25, 0.3) is 0 Å². The molecule has 3 N–H and O–H groups in total. The van der Waals surface area contributed by atoms with Gasteiger partial charge in [-0.05, 0) is 42.6 Å². The summed E-state index contributed by atoms with van der Waals surface area (Å²) in [6.45, 7) is 11.8. The lowest BCUT2D eigenvalue weighted by Gasteiger charge is -2.26. The zero-order valence-electron chi connectivity index (χ0n) is 21.3. The summed E-state index contributed by atoms with van der Waals surface area (Å²) in [6.07, 6.45) is 1.32. The molecule has 0 bridgehead atoms. The lowest BCUT2D eigenvalue weighted by atomic mass is 9.99. The molecule has 0 saturated heterocycles. The maximum atomic E-state index is 13.1. The molecule has 8 heteroatoms. The SMILES string of the molecule is CC(C)CC(NC(=O)[C@H](CC(C)C)NC(=O)OCc1ccccc1)C(=O)N[C@@H](C=O)CC(C)C. The number of ether oxygens (including phenoxy) is 1. The first kappa shape index (κ1) is 29.1. The average molecular weight is 476 g/mol. The number of benzene rings is 1. The van der Waals surface area contributed by atoms with Gasteiger partial charge in [0.15, 0.2) is 0 Å². The van der Waals surface area contributed by atoms with E-state index in [2.05, 4.69) is 16.0 Å². The first-order valence-corrected chi connectivity index (χ1v) is 12.0.